The maximum atomic E-state index is 3.45. The molecule has 0 aliphatic carbocycles. The van der Waals surface area contributed by atoms with Crippen molar-refractivity contribution in [3.63, 3.8) is 0 Å². The molecule has 1 nitrogen and oxygen atoms in total. The van der Waals surface area contributed by atoms with Crippen molar-refractivity contribution in [1.82, 2.24) is 0 Å². The van der Waals surface area contributed by atoms with E-state index in [1.807, 2.05) is 11.8 Å². The SMILES string of the molecule is Cl.c1ccc2c(c1)CSCCCN2. The fourth-order valence-corrected chi connectivity index (χ4v) is 2.36. The van der Waals surface area contributed by atoms with Crippen molar-refractivity contribution in [3.8, 4) is 0 Å². The molecule has 0 spiro atoms. The number of fused-ring (bicyclic) bond motifs is 1. The zero-order chi connectivity index (χ0) is 8.23. The van der Waals surface area contributed by atoms with Gasteiger partial charge in [0.05, 0.1) is 0 Å². The van der Waals surface area contributed by atoms with Gasteiger partial charge >= 0.3 is 0 Å². The molecule has 1 aromatic carbocycles. The Kier molecular flexibility index (Phi) is 4.46. The molecule has 0 fully saturated rings. The summed E-state index contributed by atoms with van der Waals surface area (Å²) in [4.78, 5) is 0. The summed E-state index contributed by atoms with van der Waals surface area (Å²) in [5.41, 5.74) is 2.77. The molecule has 2 rings (SSSR count). The summed E-state index contributed by atoms with van der Waals surface area (Å²) in [5.74, 6) is 2.44. The Hall–Kier alpha value is -0.340. The lowest BCUT2D eigenvalue weighted by atomic mass is 10.2. The van der Waals surface area contributed by atoms with Crippen LogP contribution in [-0.4, -0.2) is 12.3 Å². The van der Waals surface area contributed by atoms with Crippen molar-refractivity contribution in [2.45, 2.75) is 12.2 Å². The van der Waals surface area contributed by atoms with Gasteiger partial charge in [0.2, 0.25) is 0 Å². The molecule has 1 aliphatic rings. The van der Waals surface area contributed by atoms with Crippen LogP contribution in [0.15, 0.2) is 24.3 Å². The van der Waals surface area contributed by atoms with Gasteiger partial charge in [0.1, 0.15) is 0 Å². The van der Waals surface area contributed by atoms with E-state index >= 15 is 0 Å². The van der Waals surface area contributed by atoms with Crippen molar-refractivity contribution < 1.29 is 0 Å². The van der Waals surface area contributed by atoms with E-state index in [9.17, 15) is 0 Å². The van der Waals surface area contributed by atoms with Gasteiger partial charge in [0.25, 0.3) is 0 Å². The maximum Gasteiger partial charge on any atom is 0.0381 e. The molecule has 0 saturated carbocycles. The molecule has 1 aliphatic heterocycles. The van der Waals surface area contributed by atoms with E-state index in [2.05, 4.69) is 29.6 Å². The predicted molar refractivity (Wildman–Crippen MR) is 63.0 cm³/mol. The van der Waals surface area contributed by atoms with Crippen LogP contribution in [0, 0.1) is 0 Å². The summed E-state index contributed by atoms with van der Waals surface area (Å²) in [7, 11) is 0. The van der Waals surface area contributed by atoms with Gasteiger partial charge in [-0.25, -0.2) is 0 Å². The molecule has 0 saturated heterocycles. The Morgan fingerprint density at radius 3 is 3.00 bits per heavy atom. The Morgan fingerprint density at radius 1 is 1.23 bits per heavy atom. The van der Waals surface area contributed by atoms with Crippen molar-refractivity contribution in [2.75, 3.05) is 17.6 Å². The van der Waals surface area contributed by atoms with Gasteiger partial charge in [0, 0.05) is 18.0 Å². The fraction of sp³-hybridized carbons (Fsp3) is 0.400. The zero-order valence-corrected chi connectivity index (χ0v) is 9.09. The standard InChI is InChI=1S/C10H13NS.ClH/c1-2-5-10-9(4-1)8-12-7-3-6-11-10;/h1-2,4-5,11H,3,6-8H2;1H. The highest BCUT2D eigenvalue weighted by Gasteiger charge is 2.03. The van der Waals surface area contributed by atoms with E-state index < -0.39 is 0 Å². The molecule has 0 atom stereocenters. The third kappa shape index (κ3) is 2.82. The first-order chi connectivity index (χ1) is 5.97. The summed E-state index contributed by atoms with van der Waals surface area (Å²) in [6.07, 6.45) is 1.28. The van der Waals surface area contributed by atoms with Crippen LogP contribution in [0.4, 0.5) is 5.69 Å². The first-order valence-corrected chi connectivity index (χ1v) is 5.52. The predicted octanol–water partition coefficient (Wildman–Crippen LogP) is 3.16. The molecule has 0 radical (unpaired) electrons. The van der Waals surface area contributed by atoms with Crippen LogP contribution in [0.1, 0.15) is 12.0 Å². The second kappa shape index (κ2) is 5.40. The van der Waals surface area contributed by atoms with E-state index in [0.717, 1.165) is 12.3 Å². The number of rotatable bonds is 0. The molecule has 0 aromatic heterocycles. The van der Waals surface area contributed by atoms with Crippen LogP contribution in [0.2, 0.25) is 0 Å². The molecule has 0 bridgehead atoms. The van der Waals surface area contributed by atoms with Gasteiger partial charge in [-0.05, 0) is 23.8 Å². The minimum atomic E-state index is 0. The average Bonchev–Trinajstić information content (AvgIpc) is 2.06. The normalized spacial score (nSPS) is 15.7. The number of benzene rings is 1. The Labute approximate surface area is 89.7 Å². The number of halogens is 1. The largest absolute Gasteiger partial charge is 0.385 e. The van der Waals surface area contributed by atoms with E-state index in [1.54, 1.807) is 0 Å². The molecule has 0 unspecified atom stereocenters. The van der Waals surface area contributed by atoms with Gasteiger partial charge in [-0.3, -0.25) is 0 Å². The lowest BCUT2D eigenvalue weighted by molar-refractivity contribution is 0.981. The summed E-state index contributed by atoms with van der Waals surface area (Å²) in [6, 6.07) is 8.59. The number of hydrogen-bond donors (Lipinski definition) is 1. The maximum absolute atomic E-state index is 3.45. The minimum absolute atomic E-state index is 0. The van der Waals surface area contributed by atoms with E-state index in [4.69, 9.17) is 0 Å². The highest BCUT2D eigenvalue weighted by molar-refractivity contribution is 7.98. The van der Waals surface area contributed by atoms with E-state index in [-0.39, 0.29) is 12.4 Å². The highest BCUT2D eigenvalue weighted by atomic mass is 35.5. The average molecular weight is 216 g/mol. The van der Waals surface area contributed by atoms with Crippen LogP contribution in [-0.2, 0) is 5.75 Å². The van der Waals surface area contributed by atoms with Gasteiger partial charge in [-0.1, -0.05) is 18.2 Å². The number of thioether (sulfide) groups is 1. The summed E-state index contributed by atoms with van der Waals surface area (Å²) in [6.45, 7) is 1.12. The molecule has 3 heteroatoms. The Bertz CT molecular complexity index is 238. The number of hydrogen-bond acceptors (Lipinski definition) is 2. The molecule has 0 amide bonds. The van der Waals surface area contributed by atoms with Crippen molar-refractivity contribution in [2.24, 2.45) is 0 Å². The Morgan fingerprint density at radius 2 is 2.08 bits per heavy atom. The van der Waals surface area contributed by atoms with Gasteiger partial charge in [-0.2, -0.15) is 11.8 Å². The molecule has 1 N–H and O–H groups in total. The third-order valence-corrected chi connectivity index (χ3v) is 3.15. The lowest BCUT2D eigenvalue weighted by Gasteiger charge is -2.14. The minimum Gasteiger partial charge on any atom is -0.385 e. The van der Waals surface area contributed by atoms with Gasteiger partial charge < -0.3 is 5.32 Å². The number of anilines is 1. The molecular weight excluding hydrogens is 202 g/mol. The first-order valence-electron chi connectivity index (χ1n) is 4.36. The van der Waals surface area contributed by atoms with Gasteiger partial charge in [-0.15, -0.1) is 12.4 Å². The van der Waals surface area contributed by atoms with Crippen LogP contribution in [0.25, 0.3) is 0 Å². The van der Waals surface area contributed by atoms with Crippen molar-refractivity contribution in [1.29, 1.82) is 0 Å². The zero-order valence-electron chi connectivity index (χ0n) is 7.45. The van der Waals surface area contributed by atoms with Crippen molar-refractivity contribution in [3.05, 3.63) is 29.8 Å². The molecule has 13 heavy (non-hydrogen) atoms. The molecule has 72 valence electrons. The third-order valence-electron chi connectivity index (χ3n) is 2.06. The molecular formula is C10H14ClNS. The smallest absolute Gasteiger partial charge is 0.0381 e. The van der Waals surface area contributed by atoms with Gasteiger partial charge in [0.15, 0.2) is 0 Å². The van der Waals surface area contributed by atoms with E-state index in [0.29, 0.717) is 0 Å². The van der Waals surface area contributed by atoms with Crippen molar-refractivity contribution >= 4 is 29.9 Å². The number of para-hydroxylation sites is 1. The molecule has 1 aromatic rings. The quantitative estimate of drug-likeness (QED) is 0.714. The topological polar surface area (TPSA) is 12.0 Å². The second-order valence-electron chi connectivity index (χ2n) is 2.99. The van der Waals surface area contributed by atoms with Crippen LogP contribution >= 0.6 is 24.2 Å². The summed E-state index contributed by atoms with van der Waals surface area (Å²) in [5, 5.41) is 3.45. The summed E-state index contributed by atoms with van der Waals surface area (Å²) >= 11 is 2.03. The Balaban J connectivity index is 0.000000845. The first kappa shape index (κ1) is 10.7. The fourth-order valence-electron chi connectivity index (χ4n) is 1.40. The number of nitrogens with one attached hydrogen (secondary N) is 1. The monoisotopic (exact) mass is 215 g/mol. The second-order valence-corrected chi connectivity index (χ2v) is 4.10. The van der Waals surface area contributed by atoms with E-state index in [1.165, 1.54) is 23.4 Å². The van der Waals surface area contributed by atoms with Crippen LogP contribution in [0.5, 0.6) is 0 Å². The summed E-state index contributed by atoms with van der Waals surface area (Å²) < 4.78 is 0. The van der Waals surface area contributed by atoms with Crippen LogP contribution in [0.3, 0.4) is 0 Å². The lowest BCUT2D eigenvalue weighted by Crippen LogP contribution is -2.07. The van der Waals surface area contributed by atoms with Crippen LogP contribution < -0.4 is 5.32 Å². The highest BCUT2D eigenvalue weighted by Crippen LogP contribution is 2.23. The molecule has 1 heterocycles.